The van der Waals surface area contributed by atoms with Crippen molar-refractivity contribution in [1.29, 1.82) is 0 Å². The number of methoxy groups -OCH3 is 1. The first-order valence-corrected chi connectivity index (χ1v) is 12.3. The third-order valence-corrected chi connectivity index (χ3v) is 7.16. The van der Waals surface area contributed by atoms with Crippen molar-refractivity contribution < 1.29 is 9.13 Å². The zero-order valence-electron chi connectivity index (χ0n) is 20.1. The minimum Gasteiger partial charge on any atom is -0.494 e. The van der Waals surface area contributed by atoms with Crippen LogP contribution >= 0.6 is 0 Å². The van der Waals surface area contributed by atoms with Gasteiger partial charge in [0, 0.05) is 24.7 Å². The second-order valence-corrected chi connectivity index (χ2v) is 9.42. The summed E-state index contributed by atoms with van der Waals surface area (Å²) in [4.78, 5) is 13.6. The van der Waals surface area contributed by atoms with Crippen LogP contribution in [0.1, 0.15) is 52.4 Å². The lowest BCUT2D eigenvalue weighted by molar-refractivity contribution is 0.254. The molecule has 2 heterocycles. The van der Waals surface area contributed by atoms with Gasteiger partial charge in [0.15, 0.2) is 17.9 Å². The van der Waals surface area contributed by atoms with Gasteiger partial charge in [-0.1, -0.05) is 13.8 Å². The number of likely N-dealkylation sites (tertiary alicyclic amines) is 1. The van der Waals surface area contributed by atoms with Crippen LogP contribution in [-0.4, -0.2) is 61.9 Å². The third-order valence-electron chi connectivity index (χ3n) is 7.16. The van der Waals surface area contributed by atoms with E-state index in [1.165, 1.54) is 32.4 Å². The van der Waals surface area contributed by atoms with Crippen molar-refractivity contribution in [1.82, 2.24) is 15.5 Å². The Kier molecular flexibility index (Phi) is 7.70. The van der Waals surface area contributed by atoms with Crippen LogP contribution in [0.5, 0.6) is 5.75 Å². The summed E-state index contributed by atoms with van der Waals surface area (Å²) in [5, 5.41) is 7.07. The van der Waals surface area contributed by atoms with Gasteiger partial charge in [-0.15, -0.1) is 0 Å². The fourth-order valence-electron chi connectivity index (χ4n) is 5.15. The van der Waals surface area contributed by atoms with Gasteiger partial charge in [0.1, 0.15) is 0 Å². The molecular formula is C24H38FN7O. The molecule has 3 aliphatic rings. The molecule has 4 N–H and O–H groups in total. The first-order chi connectivity index (χ1) is 16.0. The van der Waals surface area contributed by atoms with Crippen LogP contribution in [0.25, 0.3) is 0 Å². The number of rotatable bonds is 7. The SMILES string of the molecule is CCN1CCCC1CNC1N=C(NC2CCC(C)CC2)N=C(N)N1c1ccc(OC)c(F)c1. The Labute approximate surface area is 196 Å². The summed E-state index contributed by atoms with van der Waals surface area (Å²) in [5.41, 5.74) is 7.01. The minimum atomic E-state index is -0.473. The number of guanidine groups is 2. The number of nitrogens with two attached hydrogens (primary N) is 1. The average Bonchev–Trinajstić information content (AvgIpc) is 3.26. The molecule has 0 aromatic heterocycles. The molecule has 4 rings (SSSR count). The fourth-order valence-corrected chi connectivity index (χ4v) is 5.15. The van der Waals surface area contributed by atoms with Gasteiger partial charge in [0.05, 0.1) is 12.8 Å². The summed E-state index contributed by atoms with van der Waals surface area (Å²) < 4.78 is 19.6. The Morgan fingerprint density at radius 3 is 2.70 bits per heavy atom. The standard InChI is InChI=1S/C24H38FN7O/c1-4-31-13-5-6-19(31)15-27-24-30-23(28-17-9-7-16(2)8-10-17)29-22(26)32(24)18-11-12-21(33-3)20(25)14-18/h11-12,14,16-17,19,24,27H,4-10,13,15H2,1-3H3,(H3,26,28,29,30). The molecule has 1 saturated carbocycles. The number of likely N-dealkylation sites (N-methyl/N-ethyl adjacent to an activating group) is 1. The number of ether oxygens (including phenoxy) is 1. The lowest BCUT2D eigenvalue weighted by atomic mass is 9.87. The second kappa shape index (κ2) is 10.7. The molecule has 2 fully saturated rings. The lowest BCUT2D eigenvalue weighted by Gasteiger charge is -2.36. The van der Waals surface area contributed by atoms with E-state index in [4.69, 9.17) is 15.5 Å². The third kappa shape index (κ3) is 5.58. The van der Waals surface area contributed by atoms with E-state index in [9.17, 15) is 4.39 Å². The Bertz CT molecular complexity index is 868. The summed E-state index contributed by atoms with van der Waals surface area (Å²) in [6.07, 6.45) is 6.51. The number of nitrogens with one attached hydrogen (secondary N) is 2. The van der Waals surface area contributed by atoms with Gasteiger partial charge < -0.3 is 15.8 Å². The van der Waals surface area contributed by atoms with E-state index in [0.29, 0.717) is 23.7 Å². The largest absolute Gasteiger partial charge is 0.494 e. The van der Waals surface area contributed by atoms with E-state index in [-0.39, 0.29) is 11.7 Å². The van der Waals surface area contributed by atoms with Crippen LogP contribution in [-0.2, 0) is 0 Å². The first-order valence-electron chi connectivity index (χ1n) is 12.3. The molecule has 2 unspecified atom stereocenters. The normalized spacial score (nSPS) is 28.4. The van der Waals surface area contributed by atoms with Crippen molar-refractivity contribution >= 4 is 17.6 Å². The van der Waals surface area contributed by atoms with Gasteiger partial charge in [-0.05, 0) is 69.7 Å². The van der Waals surface area contributed by atoms with E-state index >= 15 is 0 Å². The Balaban J connectivity index is 1.54. The number of nitrogens with zero attached hydrogens (tertiary/aromatic N) is 4. The fraction of sp³-hybridized carbons (Fsp3) is 0.667. The van der Waals surface area contributed by atoms with Gasteiger partial charge in [-0.25, -0.2) is 9.38 Å². The quantitative estimate of drug-likeness (QED) is 0.581. The molecule has 0 amide bonds. The topological polar surface area (TPSA) is 90.5 Å². The maximum absolute atomic E-state index is 14.5. The molecule has 8 nitrogen and oxygen atoms in total. The molecule has 33 heavy (non-hydrogen) atoms. The van der Waals surface area contributed by atoms with E-state index in [0.717, 1.165) is 44.8 Å². The van der Waals surface area contributed by atoms with Crippen molar-refractivity contribution in [3.05, 3.63) is 24.0 Å². The highest BCUT2D eigenvalue weighted by Crippen LogP contribution is 2.27. The number of halogens is 1. The van der Waals surface area contributed by atoms with Gasteiger partial charge in [0.2, 0.25) is 11.9 Å². The van der Waals surface area contributed by atoms with Crippen molar-refractivity contribution in [2.45, 2.75) is 70.7 Å². The smallest absolute Gasteiger partial charge is 0.224 e. The Morgan fingerprint density at radius 1 is 1.21 bits per heavy atom. The van der Waals surface area contributed by atoms with E-state index in [2.05, 4.69) is 34.4 Å². The molecule has 1 aliphatic carbocycles. The molecule has 2 atom stereocenters. The monoisotopic (exact) mass is 459 g/mol. The molecule has 9 heteroatoms. The summed E-state index contributed by atoms with van der Waals surface area (Å²) in [6.45, 7) is 7.43. The number of benzene rings is 1. The molecular weight excluding hydrogens is 421 g/mol. The maximum Gasteiger partial charge on any atom is 0.224 e. The zero-order valence-corrected chi connectivity index (χ0v) is 20.1. The van der Waals surface area contributed by atoms with Crippen LogP contribution in [0.3, 0.4) is 0 Å². The van der Waals surface area contributed by atoms with Gasteiger partial charge in [0.25, 0.3) is 0 Å². The predicted octanol–water partition coefficient (Wildman–Crippen LogP) is 2.85. The van der Waals surface area contributed by atoms with Crippen LogP contribution in [0.2, 0.25) is 0 Å². The number of aliphatic imine (C=N–C) groups is 2. The van der Waals surface area contributed by atoms with E-state index in [1.54, 1.807) is 17.0 Å². The van der Waals surface area contributed by atoms with E-state index < -0.39 is 12.1 Å². The number of hydrogen-bond acceptors (Lipinski definition) is 8. The van der Waals surface area contributed by atoms with Crippen LogP contribution < -0.4 is 26.0 Å². The van der Waals surface area contributed by atoms with E-state index in [1.807, 2.05) is 0 Å². The Morgan fingerprint density at radius 2 is 2.00 bits per heavy atom. The highest BCUT2D eigenvalue weighted by atomic mass is 19.1. The number of anilines is 1. The second-order valence-electron chi connectivity index (χ2n) is 9.42. The highest BCUT2D eigenvalue weighted by molar-refractivity contribution is 6.05. The summed E-state index contributed by atoms with van der Waals surface area (Å²) in [6, 6.07) is 5.61. The average molecular weight is 460 g/mol. The van der Waals surface area contributed by atoms with Crippen LogP contribution in [0.4, 0.5) is 10.1 Å². The van der Waals surface area contributed by atoms with Crippen molar-refractivity contribution in [3.8, 4) is 5.75 Å². The maximum atomic E-state index is 14.5. The molecule has 1 aromatic rings. The van der Waals surface area contributed by atoms with Crippen molar-refractivity contribution in [2.75, 3.05) is 31.6 Å². The first kappa shape index (κ1) is 23.8. The predicted molar refractivity (Wildman–Crippen MR) is 131 cm³/mol. The zero-order chi connectivity index (χ0) is 23.4. The molecule has 1 aromatic carbocycles. The summed E-state index contributed by atoms with van der Waals surface area (Å²) >= 11 is 0. The van der Waals surface area contributed by atoms with Gasteiger partial charge in [-0.2, -0.15) is 4.99 Å². The van der Waals surface area contributed by atoms with Crippen LogP contribution in [0.15, 0.2) is 28.2 Å². The summed E-state index contributed by atoms with van der Waals surface area (Å²) in [7, 11) is 1.45. The Hall–Kier alpha value is -2.39. The van der Waals surface area contributed by atoms with Crippen LogP contribution in [0, 0.1) is 11.7 Å². The molecule has 182 valence electrons. The minimum absolute atomic E-state index is 0.192. The lowest BCUT2D eigenvalue weighted by Crippen LogP contribution is -2.57. The van der Waals surface area contributed by atoms with Gasteiger partial charge >= 0.3 is 0 Å². The molecule has 0 bridgehead atoms. The molecule has 0 radical (unpaired) electrons. The number of hydrogen-bond donors (Lipinski definition) is 3. The highest BCUT2D eigenvalue weighted by Gasteiger charge is 2.31. The molecule has 2 aliphatic heterocycles. The van der Waals surface area contributed by atoms with Gasteiger partial charge in [-0.3, -0.25) is 15.1 Å². The molecule has 0 spiro atoms. The molecule has 1 saturated heterocycles. The van der Waals surface area contributed by atoms with Crippen molar-refractivity contribution in [3.63, 3.8) is 0 Å². The summed E-state index contributed by atoms with van der Waals surface area (Å²) in [5.74, 6) is 1.36. The van der Waals surface area contributed by atoms with Crippen molar-refractivity contribution in [2.24, 2.45) is 21.6 Å².